The van der Waals surface area contributed by atoms with Crippen LogP contribution in [0.3, 0.4) is 0 Å². The first kappa shape index (κ1) is 9.45. The first-order chi connectivity index (χ1) is 6.24. The lowest BCUT2D eigenvalue weighted by atomic mass is 10.1. The normalized spacial score (nSPS) is 10.3. The Morgan fingerprint density at radius 3 is 2.69 bits per heavy atom. The maximum absolute atomic E-state index is 5.13. The van der Waals surface area contributed by atoms with Crippen LogP contribution in [0.15, 0.2) is 23.3 Å². The number of aryl methyl sites for hydroxylation is 2. The summed E-state index contributed by atoms with van der Waals surface area (Å²) >= 11 is 0. The summed E-state index contributed by atoms with van der Waals surface area (Å²) in [6.07, 6.45) is 2.89. The van der Waals surface area contributed by atoms with Crippen LogP contribution in [0.5, 0.6) is 0 Å². The van der Waals surface area contributed by atoms with Crippen LogP contribution in [0.1, 0.15) is 11.1 Å². The molecule has 3 nitrogen and oxygen atoms in total. The predicted molar refractivity (Wildman–Crippen MR) is 56.0 cm³/mol. The van der Waals surface area contributed by atoms with Crippen molar-refractivity contribution in [3.8, 4) is 0 Å². The van der Waals surface area contributed by atoms with E-state index in [0.29, 0.717) is 0 Å². The summed E-state index contributed by atoms with van der Waals surface area (Å²) in [5.74, 6) is 0. The number of nitrogens with zero attached hydrogens (tertiary/aromatic N) is 1. The predicted octanol–water partition coefficient (Wildman–Crippen LogP) is 0.531. The molecule has 0 amide bonds. The fraction of sp³-hybridized carbons (Fsp3) is 0.200. The first-order valence-corrected chi connectivity index (χ1v) is 4.14. The molecule has 0 unspecified atom stereocenters. The second kappa shape index (κ2) is 4.40. The molecule has 0 aliphatic carbocycles. The molecule has 0 aromatic heterocycles. The third-order valence-electron chi connectivity index (χ3n) is 1.86. The third kappa shape index (κ3) is 2.71. The van der Waals surface area contributed by atoms with E-state index in [1.54, 1.807) is 0 Å². The summed E-state index contributed by atoms with van der Waals surface area (Å²) in [7, 11) is 0. The van der Waals surface area contributed by atoms with E-state index in [-0.39, 0.29) is 0 Å². The zero-order valence-electron chi connectivity index (χ0n) is 7.91. The van der Waals surface area contributed by atoms with Crippen molar-refractivity contribution in [3.63, 3.8) is 0 Å². The highest BCUT2D eigenvalue weighted by Gasteiger charge is 1.93. The van der Waals surface area contributed by atoms with Gasteiger partial charge in [-0.25, -0.2) is 0 Å². The Balaban J connectivity index is 2.73. The van der Waals surface area contributed by atoms with Crippen molar-refractivity contribution < 1.29 is 5.41 Å². The summed E-state index contributed by atoms with van der Waals surface area (Å²) in [5.41, 5.74) is 6.37. The largest absolute Gasteiger partial charge is 0.278 e. The van der Waals surface area contributed by atoms with Crippen LogP contribution in [0.2, 0.25) is 0 Å². The zero-order chi connectivity index (χ0) is 9.68. The molecule has 0 aliphatic heterocycles. The number of nitrogens with one attached hydrogen (secondary N) is 1. The number of rotatable bonds is 3. The molecule has 0 aliphatic rings. The quantitative estimate of drug-likeness (QED) is 0.512. The Morgan fingerprint density at radius 2 is 2.08 bits per heavy atom. The second-order valence-electron chi connectivity index (χ2n) is 2.88. The van der Waals surface area contributed by atoms with Gasteiger partial charge in [-0.2, -0.15) is 5.10 Å². The first-order valence-electron chi connectivity index (χ1n) is 4.14. The molecule has 1 aromatic carbocycles. The van der Waals surface area contributed by atoms with E-state index < -0.39 is 0 Å². The molecule has 1 rings (SSSR count). The number of nitrogens with two attached hydrogens (primary N) is 1. The molecule has 0 bridgehead atoms. The van der Waals surface area contributed by atoms with E-state index in [0.717, 1.165) is 5.69 Å². The molecule has 0 fully saturated rings. The summed E-state index contributed by atoms with van der Waals surface area (Å²) in [6.45, 7) is 4.15. The van der Waals surface area contributed by atoms with Gasteiger partial charge < -0.3 is 0 Å². The van der Waals surface area contributed by atoms with Gasteiger partial charge in [-0.15, -0.1) is 0 Å². The zero-order valence-corrected chi connectivity index (χ0v) is 7.91. The number of hydrogen-bond acceptors (Lipinski definition) is 2. The van der Waals surface area contributed by atoms with Crippen molar-refractivity contribution >= 4 is 18.1 Å². The van der Waals surface area contributed by atoms with Gasteiger partial charge in [0.05, 0.1) is 5.69 Å². The average Bonchev–Trinajstić information content (AvgIpc) is 2.12. The van der Waals surface area contributed by atoms with E-state index in [1.165, 1.54) is 23.6 Å². The average molecular weight is 176 g/mol. The van der Waals surface area contributed by atoms with Crippen molar-refractivity contribution in [2.45, 2.75) is 13.8 Å². The fourth-order valence-electron chi connectivity index (χ4n) is 0.966. The number of benzene rings is 1. The Kier molecular flexibility index (Phi) is 3.20. The lowest BCUT2D eigenvalue weighted by molar-refractivity contribution is -0.102. The molecule has 0 saturated carbocycles. The minimum atomic E-state index is 0.973. The number of anilines is 1. The fourth-order valence-corrected chi connectivity index (χ4v) is 0.966. The maximum Gasteiger partial charge on any atom is 0.180 e. The molecule has 0 radical (unpaired) electrons. The smallest absolute Gasteiger partial charge is 0.180 e. The van der Waals surface area contributed by atoms with Gasteiger partial charge in [-0.3, -0.25) is 10.8 Å². The van der Waals surface area contributed by atoms with Crippen molar-refractivity contribution in [1.82, 2.24) is 0 Å². The van der Waals surface area contributed by atoms with Crippen LogP contribution in [0.25, 0.3) is 0 Å². The van der Waals surface area contributed by atoms with Gasteiger partial charge in [0.1, 0.15) is 6.21 Å². The topological polar surface area (TPSA) is 50.0 Å². The second-order valence-corrected chi connectivity index (χ2v) is 2.88. The van der Waals surface area contributed by atoms with Crippen molar-refractivity contribution in [2.75, 3.05) is 5.43 Å². The molecule has 3 heteroatoms. The van der Waals surface area contributed by atoms with Crippen LogP contribution < -0.4 is 10.8 Å². The van der Waals surface area contributed by atoms with Crippen molar-refractivity contribution in [1.29, 1.82) is 0 Å². The van der Waals surface area contributed by atoms with Crippen LogP contribution in [-0.2, 0) is 0 Å². The summed E-state index contributed by atoms with van der Waals surface area (Å²) in [6, 6.07) is 6.08. The van der Waals surface area contributed by atoms with Gasteiger partial charge in [0.25, 0.3) is 0 Å². The van der Waals surface area contributed by atoms with E-state index in [4.69, 9.17) is 5.41 Å². The van der Waals surface area contributed by atoms with E-state index in [1.807, 2.05) is 12.1 Å². The van der Waals surface area contributed by atoms with Crippen molar-refractivity contribution in [2.24, 2.45) is 5.10 Å². The lowest BCUT2D eigenvalue weighted by Crippen LogP contribution is -2.30. The van der Waals surface area contributed by atoms with Gasteiger partial charge >= 0.3 is 0 Å². The third-order valence-corrected chi connectivity index (χ3v) is 1.86. The molecule has 0 saturated heterocycles. The van der Waals surface area contributed by atoms with Crippen LogP contribution in [0.4, 0.5) is 5.69 Å². The van der Waals surface area contributed by atoms with E-state index >= 15 is 0 Å². The monoisotopic (exact) mass is 176 g/mol. The molecular formula is C10H14N3+. The molecule has 0 atom stereocenters. The van der Waals surface area contributed by atoms with Crippen LogP contribution in [0, 0.1) is 13.8 Å². The van der Waals surface area contributed by atoms with Crippen LogP contribution >= 0.6 is 0 Å². The Labute approximate surface area is 78.0 Å². The molecular weight excluding hydrogens is 162 g/mol. The molecule has 0 spiro atoms. The number of hydrazone groups is 1. The minimum absolute atomic E-state index is 0.973. The van der Waals surface area contributed by atoms with Gasteiger partial charge in [-0.05, 0) is 37.1 Å². The Hall–Kier alpha value is -1.64. The Bertz CT molecular complexity index is 329. The minimum Gasteiger partial charge on any atom is -0.278 e. The summed E-state index contributed by atoms with van der Waals surface area (Å²) in [4.78, 5) is 0. The van der Waals surface area contributed by atoms with Gasteiger partial charge in [-0.1, -0.05) is 6.07 Å². The van der Waals surface area contributed by atoms with Gasteiger partial charge in [0, 0.05) is 0 Å². The van der Waals surface area contributed by atoms with E-state index in [9.17, 15) is 0 Å². The molecule has 13 heavy (non-hydrogen) atoms. The van der Waals surface area contributed by atoms with E-state index in [2.05, 4.69) is 30.4 Å². The van der Waals surface area contributed by atoms with Crippen LogP contribution in [-0.4, -0.2) is 12.4 Å². The number of hydrogen-bond donors (Lipinski definition) is 2. The molecule has 68 valence electrons. The molecule has 3 N–H and O–H groups in total. The van der Waals surface area contributed by atoms with Gasteiger partial charge in [0.15, 0.2) is 6.21 Å². The SMILES string of the molecule is Cc1ccc(N/N=C\C=[NH2+])cc1C. The van der Waals surface area contributed by atoms with Gasteiger partial charge in [0.2, 0.25) is 0 Å². The lowest BCUT2D eigenvalue weighted by Gasteiger charge is -2.03. The Morgan fingerprint density at radius 1 is 1.31 bits per heavy atom. The summed E-state index contributed by atoms with van der Waals surface area (Å²) in [5, 5.41) is 9.01. The standard InChI is InChI=1S/C10H13N3/c1-8-3-4-10(7-9(8)2)13-12-6-5-11/h3-7,11,13H,1-2H3/p+1/b11-5?,12-6-. The maximum atomic E-state index is 5.13. The summed E-state index contributed by atoms with van der Waals surface area (Å²) < 4.78 is 0. The van der Waals surface area contributed by atoms with Crippen molar-refractivity contribution in [3.05, 3.63) is 29.3 Å². The molecule has 0 heterocycles. The highest BCUT2D eigenvalue weighted by molar-refractivity contribution is 6.13. The molecule has 1 aromatic rings. The highest BCUT2D eigenvalue weighted by atomic mass is 15.3. The highest BCUT2D eigenvalue weighted by Crippen LogP contribution is 2.13.